The summed E-state index contributed by atoms with van der Waals surface area (Å²) in [7, 11) is 0. The van der Waals surface area contributed by atoms with Crippen LogP contribution >= 0.6 is 0 Å². The van der Waals surface area contributed by atoms with Crippen LogP contribution in [0.25, 0.3) is 6.08 Å². The highest BCUT2D eigenvalue weighted by Gasteiger charge is 2.51. The van der Waals surface area contributed by atoms with Gasteiger partial charge in [0.25, 0.3) is 11.8 Å². The van der Waals surface area contributed by atoms with Crippen molar-refractivity contribution < 1.29 is 14.3 Å². The molecule has 1 saturated carbocycles. The molecule has 3 aliphatic rings. The fraction of sp³-hybridized carbons (Fsp3) is 0.304. The van der Waals surface area contributed by atoms with Crippen molar-refractivity contribution in [1.82, 2.24) is 0 Å². The van der Waals surface area contributed by atoms with Gasteiger partial charge < -0.3 is 4.74 Å². The molecular weight excluding hydrogens is 338 g/mol. The third-order valence-electron chi connectivity index (χ3n) is 5.96. The predicted molar refractivity (Wildman–Crippen MR) is 103 cm³/mol. The van der Waals surface area contributed by atoms with Gasteiger partial charge in [0.15, 0.2) is 6.10 Å². The first-order valence-electron chi connectivity index (χ1n) is 9.62. The number of para-hydroxylation sites is 1. The van der Waals surface area contributed by atoms with E-state index in [-0.39, 0.29) is 11.8 Å². The van der Waals surface area contributed by atoms with Gasteiger partial charge in [0.05, 0.1) is 16.9 Å². The number of fused-ring (bicyclic) bond motifs is 3. The maximum Gasteiger partial charge on any atom is 0.268 e. The van der Waals surface area contributed by atoms with Gasteiger partial charge in [-0.3, -0.25) is 9.59 Å². The van der Waals surface area contributed by atoms with Crippen molar-refractivity contribution in [2.24, 2.45) is 0 Å². The zero-order valence-electron chi connectivity index (χ0n) is 15.1. The lowest BCUT2D eigenvalue weighted by molar-refractivity contribution is -0.143. The molecule has 4 heteroatoms. The molecule has 0 aromatic heterocycles. The Kier molecular flexibility index (Phi) is 3.76. The number of ether oxygens (including phenoxy) is 1. The van der Waals surface area contributed by atoms with Crippen LogP contribution in [0.3, 0.4) is 0 Å². The largest absolute Gasteiger partial charge is 0.352 e. The molecule has 1 saturated heterocycles. The number of benzene rings is 2. The molecule has 136 valence electrons. The van der Waals surface area contributed by atoms with Gasteiger partial charge in [-0.1, -0.05) is 61.7 Å². The molecule has 2 aromatic carbocycles. The second kappa shape index (κ2) is 6.17. The standard InChI is InChI=1S/C23H21NO3/c25-21-18-15-16-9-5-6-12-19(16)23(13-7-2-8-14-23)27-20(18)22(26)24(21)17-10-3-1-4-11-17/h1,3-6,9-12,15,20H,2,7-8,13-14H2. The predicted octanol–water partition coefficient (Wildman–Crippen LogP) is 4.20. The summed E-state index contributed by atoms with van der Waals surface area (Å²) in [6.45, 7) is 0. The number of imide groups is 1. The molecule has 27 heavy (non-hydrogen) atoms. The Labute approximate surface area is 158 Å². The SMILES string of the molecule is O=C1C2=Cc3ccccc3C3(CCCCC3)OC2C(=O)N1c1ccccc1. The molecule has 2 aromatic rings. The molecule has 0 bridgehead atoms. The zero-order valence-corrected chi connectivity index (χ0v) is 15.1. The monoisotopic (exact) mass is 359 g/mol. The van der Waals surface area contributed by atoms with Gasteiger partial charge in [-0.15, -0.1) is 0 Å². The highest BCUT2D eigenvalue weighted by molar-refractivity contribution is 6.32. The minimum Gasteiger partial charge on any atom is -0.352 e. The van der Waals surface area contributed by atoms with Crippen molar-refractivity contribution in [3.8, 4) is 0 Å². The topological polar surface area (TPSA) is 46.6 Å². The van der Waals surface area contributed by atoms with Gasteiger partial charge in [0.1, 0.15) is 0 Å². The van der Waals surface area contributed by atoms with Crippen molar-refractivity contribution in [3.05, 3.63) is 71.3 Å². The molecule has 2 aliphatic heterocycles. The average molecular weight is 359 g/mol. The van der Waals surface area contributed by atoms with E-state index >= 15 is 0 Å². The first kappa shape index (κ1) is 16.5. The van der Waals surface area contributed by atoms with Crippen LogP contribution in [-0.4, -0.2) is 17.9 Å². The summed E-state index contributed by atoms with van der Waals surface area (Å²) < 4.78 is 6.54. The molecule has 1 aliphatic carbocycles. The minimum atomic E-state index is -0.830. The normalized spacial score (nSPS) is 23.6. The molecule has 1 spiro atoms. The van der Waals surface area contributed by atoms with Crippen molar-refractivity contribution in [2.75, 3.05) is 4.90 Å². The van der Waals surface area contributed by atoms with Gasteiger partial charge in [-0.05, 0) is 42.2 Å². The molecule has 1 atom stereocenters. The number of amides is 2. The quantitative estimate of drug-likeness (QED) is 0.717. The van der Waals surface area contributed by atoms with E-state index in [1.54, 1.807) is 12.1 Å². The highest BCUT2D eigenvalue weighted by Crippen LogP contribution is 2.47. The molecule has 2 fully saturated rings. The minimum absolute atomic E-state index is 0.279. The molecule has 5 rings (SSSR count). The van der Waals surface area contributed by atoms with Crippen LogP contribution in [0.4, 0.5) is 5.69 Å². The summed E-state index contributed by atoms with van der Waals surface area (Å²) in [6, 6.07) is 17.2. The maximum atomic E-state index is 13.2. The zero-order chi connectivity index (χ0) is 18.4. The summed E-state index contributed by atoms with van der Waals surface area (Å²) >= 11 is 0. The van der Waals surface area contributed by atoms with E-state index in [1.807, 2.05) is 42.5 Å². The van der Waals surface area contributed by atoms with Gasteiger partial charge >= 0.3 is 0 Å². The second-order valence-electron chi connectivity index (χ2n) is 7.55. The van der Waals surface area contributed by atoms with Gasteiger partial charge in [-0.25, -0.2) is 4.90 Å². The summed E-state index contributed by atoms with van der Waals surface area (Å²) in [5.74, 6) is -0.561. The fourth-order valence-electron chi connectivity index (χ4n) is 4.67. The lowest BCUT2D eigenvalue weighted by Crippen LogP contribution is -2.40. The van der Waals surface area contributed by atoms with Gasteiger partial charge in [0.2, 0.25) is 0 Å². The van der Waals surface area contributed by atoms with E-state index in [9.17, 15) is 9.59 Å². The number of hydrogen-bond acceptors (Lipinski definition) is 3. The number of carbonyl (C=O) groups excluding carboxylic acids is 2. The first-order valence-corrected chi connectivity index (χ1v) is 9.62. The van der Waals surface area contributed by atoms with Gasteiger partial charge in [-0.2, -0.15) is 0 Å². The summed E-state index contributed by atoms with van der Waals surface area (Å²) in [5, 5.41) is 0. The van der Waals surface area contributed by atoms with E-state index in [4.69, 9.17) is 4.74 Å². The fourth-order valence-corrected chi connectivity index (χ4v) is 4.67. The molecular formula is C23H21NO3. The van der Waals surface area contributed by atoms with Crippen LogP contribution in [0.15, 0.2) is 60.2 Å². The Balaban J connectivity index is 1.65. The highest BCUT2D eigenvalue weighted by atomic mass is 16.5. The molecule has 0 radical (unpaired) electrons. The van der Waals surface area contributed by atoms with E-state index in [0.717, 1.165) is 36.8 Å². The van der Waals surface area contributed by atoms with E-state index in [2.05, 4.69) is 6.07 Å². The molecule has 4 nitrogen and oxygen atoms in total. The number of rotatable bonds is 1. The van der Waals surface area contributed by atoms with E-state index in [1.165, 1.54) is 11.3 Å². The average Bonchev–Trinajstić information content (AvgIpc) is 2.85. The van der Waals surface area contributed by atoms with Crippen LogP contribution in [0, 0.1) is 0 Å². The number of anilines is 1. The second-order valence-corrected chi connectivity index (χ2v) is 7.55. The number of carbonyl (C=O) groups is 2. The van der Waals surface area contributed by atoms with Crippen LogP contribution in [0.5, 0.6) is 0 Å². The Morgan fingerprint density at radius 3 is 2.37 bits per heavy atom. The van der Waals surface area contributed by atoms with Crippen LogP contribution < -0.4 is 4.90 Å². The Morgan fingerprint density at radius 1 is 0.889 bits per heavy atom. The Hall–Kier alpha value is -2.72. The molecule has 0 N–H and O–H groups in total. The van der Waals surface area contributed by atoms with E-state index < -0.39 is 11.7 Å². The van der Waals surface area contributed by atoms with Crippen molar-refractivity contribution in [2.45, 2.75) is 43.8 Å². The van der Waals surface area contributed by atoms with Gasteiger partial charge in [0, 0.05) is 0 Å². The third kappa shape index (κ3) is 2.47. The molecule has 2 heterocycles. The summed E-state index contributed by atoms with van der Waals surface area (Å²) in [5.41, 5.74) is 2.65. The van der Waals surface area contributed by atoms with Crippen LogP contribution in [0.2, 0.25) is 0 Å². The summed E-state index contributed by atoms with van der Waals surface area (Å²) in [4.78, 5) is 27.6. The Bertz CT molecular complexity index is 941. The number of hydrogen-bond donors (Lipinski definition) is 0. The lowest BCUT2D eigenvalue weighted by Gasteiger charge is -2.39. The van der Waals surface area contributed by atoms with Crippen molar-refractivity contribution in [1.29, 1.82) is 0 Å². The lowest BCUT2D eigenvalue weighted by atomic mass is 9.78. The van der Waals surface area contributed by atoms with E-state index in [0.29, 0.717) is 11.3 Å². The van der Waals surface area contributed by atoms with Crippen LogP contribution in [0.1, 0.15) is 43.2 Å². The van der Waals surface area contributed by atoms with Crippen LogP contribution in [-0.2, 0) is 19.9 Å². The Morgan fingerprint density at radius 2 is 1.59 bits per heavy atom. The number of nitrogens with zero attached hydrogens (tertiary/aromatic N) is 1. The third-order valence-corrected chi connectivity index (χ3v) is 5.96. The summed E-state index contributed by atoms with van der Waals surface area (Å²) in [6.07, 6.45) is 6.13. The molecule has 2 amide bonds. The maximum absolute atomic E-state index is 13.2. The molecule has 1 unspecified atom stereocenters. The van der Waals surface area contributed by atoms with Crippen molar-refractivity contribution in [3.63, 3.8) is 0 Å². The first-order chi connectivity index (χ1) is 13.2. The smallest absolute Gasteiger partial charge is 0.268 e. The van der Waals surface area contributed by atoms with Crippen molar-refractivity contribution >= 4 is 23.6 Å².